The molecule has 1 aliphatic heterocycles. The van der Waals surface area contributed by atoms with Gasteiger partial charge in [-0.05, 0) is 88.4 Å². The highest BCUT2D eigenvalue weighted by Crippen LogP contribution is 2.31. The van der Waals surface area contributed by atoms with Crippen LogP contribution in [0.3, 0.4) is 0 Å². The van der Waals surface area contributed by atoms with Gasteiger partial charge in [-0.25, -0.2) is 13.6 Å². The quantitative estimate of drug-likeness (QED) is 0.456. The first-order valence-electron chi connectivity index (χ1n) is 13.6. The van der Waals surface area contributed by atoms with E-state index in [1.807, 2.05) is 25.7 Å². The summed E-state index contributed by atoms with van der Waals surface area (Å²) in [6.07, 6.45) is 2.03. The van der Waals surface area contributed by atoms with Gasteiger partial charge in [-0.15, -0.1) is 0 Å². The maximum Gasteiger partial charge on any atom is 0.410 e. The molecule has 2 aromatic rings. The smallest absolute Gasteiger partial charge is 0.410 e. The fraction of sp³-hybridized carbons (Fsp3) is 0.533. The van der Waals surface area contributed by atoms with Crippen LogP contribution in [0, 0.1) is 17.6 Å². The van der Waals surface area contributed by atoms with Gasteiger partial charge in [-0.1, -0.05) is 12.1 Å². The van der Waals surface area contributed by atoms with Crippen molar-refractivity contribution in [2.75, 3.05) is 26.3 Å². The van der Waals surface area contributed by atoms with Crippen molar-refractivity contribution in [1.29, 1.82) is 0 Å². The minimum absolute atomic E-state index is 0.0736. The Kier molecular flexibility index (Phi) is 9.43. The van der Waals surface area contributed by atoms with Crippen LogP contribution in [-0.2, 0) is 20.8 Å². The molecule has 2 aliphatic rings. The lowest BCUT2D eigenvalue weighted by atomic mass is 9.84. The van der Waals surface area contributed by atoms with Gasteiger partial charge in [-0.3, -0.25) is 4.79 Å². The van der Waals surface area contributed by atoms with Crippen molar-refractivity contribution >= 4 is 12.0 Å². The van der Waals surface area contributed by atoms with E-state index in [-0.39, 0.29) is 42.2 Å². The zero-order valence-corrected chi connectivity index (χ0v) is 22.9. The van der Waals surface area contributed by atoms with Crippen molar-refractivity contribution in [3.8, 4) is 5.75 Å². The molecular weight excluding hydrogens is 506 g/mol. The zero-order chi connectivity index (χ0) is 28.0. The molecule has 4 rings (SSSR count). The number of amides is 2. The molecule has 1 aliphatic carbocycles. The van der Waals surface area contributed by atoms with E-state index in [0.717, 1.165) is 5.56 Å². The molecule has 1 saturated carbocycles. The van der Waals surface area contributed by atoms with E-state index in [9.17, 15) is 18.4 Å². The summed E-state index contributed by atoms with van der Waals surface area (Å²) in [6.45, 7) is 7.48. The molecular formula is C30H38F2N2O5. The average Bonchev–Trinajstić information content (AvgIpc) is 2.91. The highest BCUT2D eigenvalue weighted by molar-refractivity contribution is 5.79. The van der Waals surface area contributed by atoms with Crippen LogP contribution in [-0.4, -0.2) is 65.9 Å². The Morgan fingerprint density at radius 2 is 1.59 bits per heavy atom. The molecule has 0 aromatic heterocycles. The molecule has 2 amide bonds. The Morgan fingerprint density at radius 3 is 2.21 bits per heavy atom. The third-order valence-corrected chi connectivity index (χ3v) is 7.08. The highest BCUT2D eigenvalue weighted by atomic mass is 19.1. The van der Waals surface area contributed by atoms with Crippen molar-refractivity contribution in [3.63, 3.8) is 0 Å². The van der Waals surface area contributed by atoms with Crippen LogP contribution in [0.4, 0.5) is 13.6 Å². The summed E-state index contributed by atoms with van der Waals surface area (Å²) in [5, 5.41) is 0. The van der Waals surface area contributed by atoms with Crippen LogP contribution < -0.4 is 4.74 Å². The molecule has 0 N–H and O–H groups in total. The number of morpholine rings is 1. The van der Waals surface area contributed by atoms with E-state index in [4.69, 9.17) is 14.2 Å². The standard InChI is InChI=1S/C30H38F2N2O5/c1-30(2,3)39-29(36)34(18-21-4-8-23(31)9-5-21)25-12-6-22(7-13-25)28(35)33-16-17-37-27(19-33)20-38-26-14-10-24(32)11-15-26/h4-5,8-11,14-15,22,25,27H,6-7,12-13,16-20H2,1-3H3. The molecule has 1 unspecified atom stereocenters. The maximum atomic E-state index is 13.4. The van der Waals surface area contributed by atoms with Gasteiger partial charge in [0.05, 0.1) is 13.2 Å². The fourth-order valence-corrected chi connectivity index (χ4v) is 5.08. The molecule has 0 bridgehead atoms. The number of nitrogens with zero attached hydrogens (tertiary/aromatic N) is 2. The minimum atomic E-state index is -0.640. The molecule has 2 aromatic carbocycles. The Hall–Kier alpha value is -3.20. The van der Waals surface area contributed by atoms with Crippen LogP contribution in [0.15, 0.2) is 48.5 Å². The number of carbonyl (C=O) groups excluding carboxylic acids is 2. The van der Waals surface area contributed by atoms with Crippen molar-refractivity contribution in [2.45, 2.75) is 70.7 Å². The van der Waals surface area contributed by atoms with Crippen molar-refractivity contribution in [2.24, 2.45) is 5.92 Å². The lowest BCUT2D eigenvalue weighted by Gasteiger charge is -2.39. The summed E-state index contributed by atoms with van der Waals surface area (Å²) in [5.74, 6) is -0.117. The van der Waals surface area contributed by atoms with Gasteiger partial charge in [0, 0.05) is 25.0 Å². The van der Waals surface area contributed by atoms with Crippen LogP contribution in [0.1, 0.15) is 52.0 Å². The van der Waals surface area contributed by atoms with E-state index in [2.05, 4.69) is 0 Å². The third kappa shape index (κ3) is 8.39. The first-order valence-corrected chi connectivity index (χ1v) is 13.6. The zero-order valence-electron chi connectivity index (χ0n) is 22.9. The Balaban J connectivity index is 1.32. The predicted octanol–water partition coefficient (Wildman–Crippen LogP) is 5.57. The van der Waals surface area contributed by atoms with Crippen LogP contribution >= 0.6 is 0 Å². The SMILES string of the molecule is CC(C)(C)OC(=O)N(Cc1ccc(F)cc1)C1CCC(C(=O)N2CCOC(COc3ccc(F)cc3)C2)CC1. The second-order valence-corrected chi connectivity index (χ2v) is 11.3. The number of benzene rings is 2. The molecule has 2 fully saturated rings. The molecule has 1 saturated heterocycles. The largest absolute Gasteiger partial charge is 0.491 e. The summed E-state index contributed by atoms with van der Waals surface area (Å²) in [4.78, 5) is 30.1. The third-order valence-electron chi connectivity index (χ3n) is 7.08. The maximum absolute atomic E-state index is 13.4. The number of hydrogen-bond acceptors (Lipinski definition) is 5. The summed E-state index contributed by atoms with van der Waals surface area (Å²) >= 11 is 0. The molecule has 1 heterocycles. The van der Waals surface area contributed by atoms with Crippen molar-refractivity contribution in [3.05, 3.63) is 65.7 Å². The van der Waals surface area contributed by atoms with Gasteiger partial charge in [0.25, 0.3) is 0 Å². The van der Waals surface area contributed by atoms with Gasteiger partial charge in [-0.2, -0.15) is 0 Å². The van der Waals surface area contributed by atoms with Gasteiger partial charge < -0.3 is 24.0 Å². The second-order valence-electron chi connectivity index (χ2n) is 11.3. The first kappa shape index (κ1) is 28.8. The molecule has 0 radical (unpaired) electrons. The van der Waals surface area contributed by atoms with E-state index >= 15 is 0 Å². The van der Waals surface area contributed by atoms with Gasteiger partial charge >= 0.3 is 6.09 Å². The van der Waals surface area contributed by atoms with Gasteiger partial charge in [0.2, 0.25) is 5.91 Å². The number of rotatable bonds is 7. The predicted molar refractivity (Wildman–Crippen MR) is 142 cm³/mol. The first-order chi connectivity index (χ1) is 18.6. The normalized spacial score (nSPS) is 21.8. The lowest BCUT2D eigenvalue weighted by Crippen LogP contribution is -2.51. The number of halogens is 2. The van der Waals surface area contributed by atoms with E-state index in [1.165, 1.54) is 24.3 Å². The molecule has 1 atom stereocenters. The fourth-order valence-electron chi connectivity index (χ4n) is 5.08. The molecule has 0 spiro atoms. The monoisotopic (exact) mass is 544 g/mol. The molecule has 212 valence electrons. The number of ether oxygens (including phenoxy) is 3. The average molecular weight is 545 g/mol. The van der Waals surface area contributed by atoms with E-state index < -0.39 is 11.7 Å². The summed E-state index contributed by atoms with van der Waals surface area (Å²) in [6, 6.07) is 11.9. The highest BCUT2D eigenvalue weighted by Gasteiger charge is 2.36. The van der Waals surface area contributed by atoms with Crippen molar-refractivity contribution in [1.82, 2.24) is 9.80 Å². The Labute approximate surface area is 229 Å². The van der Waals surface area contributed by atoms with Crippen molar-refractivity contribution < 1.29 is 32.6 Å². The molecule has 39 heavy (non-hydrogen) atoms. The molecule has 9 heteroatoms. The minimum Gasteiger partial charge on any atom is -0.491 e. The van der Waals surface area contributed by atoms with Gasteiger partial charge in [0.15, 0.2) is 0 Å². The van der Waals surface area contributed by atoms with E-state index in [0.29, 0.717) is 57.7 Å². The Morgan fingerprint density at radius 1 is 0.974 bits per heavy atom. The topological polar surface area (TPSA) is 68.3 Å². The summed E-state index contributed by atoms with van der Waals surface area (Å²) in [5.41, 5.74) is 0.182. The Bertz CT molecular complexity index is 1100. The lowest BCUT2D eigenvalue weighted by molar-refractivity contribution is -0.145. The summed E-state index contributed by atoms with van der Waals surface area (Å²) in [7, 11) is 0. The number of carbonyl (C=O) groups is 2. The van der Waals surface area contributed by atoms with E-state index in [1.54, 1.807) is 29.2 Å². The second kappa shape index (κ2) is 12.8. The number of hydrogen-bond donors (Lipinski definition) is 0. The molecule has 7 nitrogen and oxygen atoms in total. The van der Waals surface area contributed by atoms with Crippen LogP contribution in [0.5, 0.6) is 5.75 Å². The van der Waals surface area contributed by atoms with Crippen LogP contribution in [0.2, 0.25) is 0 Å². The summed E-state index contributed by atoms with van der Waals surface area (Å²) < 4.78 is 43.7. The van der Waals surface area contributed by atoms with Gasteiger partial charge in [0.1, 0.15) is 35.7 Å². The van der Waals surface area contributed by atoms with Crippen LogP contribution in [0.25, 0.3) is 0 Å².